The number of nitrogens with zero attached hydrogens (tertiary/aromatic N) is 3. The van der Waals surface area contributed by atoms with E-state index >= 15 is 0 Å². The Kier molecular flexibility index (Phi) is 3.30. The van der Waals surface area contributed by atoms with Crippen molar-refractivity contribution >= 4 is 5.91 Å². The van der Waals surface area contributed by atoms with Crippen LogP contribution in [0.15, 0.2) is 33.5 Å². The molecule has 0 spiro atoms. The summed E-state index contributed by atoms with van der Waals surface area (Å²) >= 11 is 0. The first-order valence-electron chi connectivity index (χ1n) is 7.40. The lowest BCUT2D eigenvalue weighted by molar-refractivity contribution is 0.0901. The van der Waals surface area contributed by atoms with Crippen molar-refractivity contribution in [2.45, 2.75) is 19.9 Å². The molecular formula is C16H14N4O4. The maximum absolute atomic E-state index is 12.3. The minimum Gasteiger partial charge on any atom is -0.491 e. The normalized spacial score (nSPS) is 15.8. The molecule has 3 aromatic rings. The van der Waals surface area contributed by atoms with E-state index in [0.29, 0.717) is 29.8 Å². The van der Waals surface area contributed by atoms with E-state index in [1.165, 1.54) is 6.39 Å². The van der Waals surface area contributed by atoms with Crippen molar-refractivity contribution in [1.29, 1.82) is 0 Å². The summed E-state index contributed by atoms with van der Waals surface area (Å²) in [5, 5.41) is 6.79. The highest BCUT2D eigenvalue weighted by Gasteiger charge is 2.28. The Hall–Kier alpha value is -3.16. The zero-order chi connectivity index (χ0) is 16.7. The van der Waals surface area contributed by atoms with Gasteiger partial charge in [-0.25, -0.2) is 4.98 Å². The number of rotatable bonds is 3. The molecule has 1 aliphatic rings. The number of carbonyl (C=O) groups is 1. The summed E-state index contributed by atoms with van der Waals surface area (Å²) in [5.74, 6) is 1.59. The second-order valence-corrected chi connectivity index (χ2v) is 5.49. The van der Waals surface area contributed by atoms with Crippen molar-refractivity contribution in [1.82, 2.24) is 20.4 Å². The maximum Gasteiger partial charge on any atom is 0.289 e. The van der Waals surface area contributed by atoms with Crippen LogP contribution in [0.1, 0.15) is 33.7 Å². The fraction of sp³-hybridized carbons (Fsp3) is 0.250. The SMILES string of the molecule is Cc1nc(-c2ccc3c(c2)OC[C@H]3NC(=O)c2ocnc2C)no1. The van der Waals surface area contributed by atoms with E-state index in [9.17, 15) is 4.79 Å². The lowest BCUT2D eigenvalue weighted by Crippen LogP contribution is -2.29. The zero-order valence-corrected chi connectivity index (χ0v) is 13.1. The van der Waals surface area contributed by atoms with E-state index in [0.717, 1.165) is 11.1 Å². The number of hydrogen-bond donors (Lipinski definition) is 1. The number of aromatic nitrogens is 3. The number of oxazole rings is 1. The van der Waals surface area contributed by atoms with Gasteiger partial charge in [0.2, 0.25) is 17.5 Å². The summed E-state index contributed by atoms with van der Waals surface area (Å²) in [6.07, 6.45) is 1.25. The van der Waals surface area contributed by atoms with Gasteiger partial charge in [0.25, 0.3) is 5.91 Å². The number of hydrogen-bond acceptors (Lipinski definition) is 7. The van der Waals surface area contributed by atoms with Crippen molar-refractivity contribution < 1.29 is 18.5 Å². The van der Waals surface area contributed by atoms with E-state index in [2.05, 4.69) is 20.4 Å². The molecule has 0 saturated carbocycles. The lowest BCUT2D eigenvalue weighted by Gasteiger charge is -2.10. The maximum atomic E-state index is 12.3. The van der Waals surface area contributed by atoms with Crippen LogP contribution in [0.5, 0.6) is 5.75 Å². The largest absolute Gasteiger partial charge is 0.491 e. The zero-order valence-electron chi connectivity index (χ0n) is 13.1. The number of benzene rings is 1. The van der Waals surface area contributed by atoms with Gasteiger partial charge in [0.15, 0.2) is 6.39 Å². The molecule has 0 radical (unpaired) electrons. The van der Waals surface area contributed by atoms with Gasteiger partial charge in [0.05, 0.1) is 11.7 Å². The topological polar surface area (TPSA) is 103 Å². The third-order valence-corrected chi connectivity index (χ3v) is 3.84. The number of fused-ring (bicyclic) bond motifs is 1. The lowest BCUT2D eigenvalue weighted by atomic mass is 10.1. The standard InChI is InChI=1S/C16H14N4O4/c1-8-14(23-7-17-8)16(21)19-12-6-22-13-5-10(3-4-11(12)13)15-18-9(2)24-20-15/h3-5,7,12H,6H2,1-2H3,(H,19,21)/t12-/m1/s1. The molecule has 24 heavy (non-hydrogen) atoms. The smallest absolute Gasteiger partial charge is 0.289 e. The molecule has 1 aliphatic heterocycles. The highest BCUT2D eigenvalue weighted by atomic mass is 16.5. The molecule has 0 unspecified atom stereocenters. The van der Waals surface area contributed by atoms with E-state index in [-0.39, 0.29) is 17.7 Å². The summed E-state index contributed by atoms with van der Waals surface area (Å²) in [7, 11) is 0. The summed E-state index contributed by atoms with van der Waals surface area (Å²) in [5.41, 5.74) is 2.24. The van der Waals surface area contributed by atoms with Crippen LogP contribution >= 0.6 is 0 Å². The Bertz CT molecular complexity index is 914. The van der Waals surface area contributed by atoms with Crippen LogP contribution in [0.25, 0.3) is 11.4 Å². The minimum absolute atomic E-state index is 0.211. The van der Waals surface area contributed by atoms with E-state index in [1.54, 1.807) is 13.8 Å². The van der Waals surface area contributed by atoms with Crippen molar-refractivity contribution in [2.24, 2.45) is 0 Å². The minimum atomic E-state index is -0.315. The summed E-state index contributed by atoms with van der Waals surface area (Å²) < 4.78 is 15.8. The van der Waals surface area contributed by atoms with Crippen molar-refractivity contribution in [3.63, 3.8) is 0 Å². The Morgan fingerprint density at radius 3 is 2.92 bits per heavy atom. The summed E-state index contributed by atoms with van der Waals surface area (Å²) in [6, 6.07) is 5.35. The van der Waals surface area contributed by atoms with Crippen LogP contribution in [-0.4, -0.2) is 27.6 Å². The summed E-state index contributed by atoms with van der Waals surface area (Å²) in [4.78, 5) is 20.4. The second-order valence-electron chi connectivity index (χ2n) is 5.49. The molecule has 8 heteroatoms. The number of aryl methyl sites for hydroxylation is 2. The van der Waals surface area contributed by atoms with E-state index in [1.807, 2.05) is 18.2 Å². The molecule has 1 N–H and O–H groups in total. The molecule has 1 atom stereocenters. The molecule has 1 amide bonds. The molecule has 122 valence electrons. The first kappa shape index (κ1) is 14.4. The molecule has 0 aliphatic carbocycles. The van der Waals surface area contributed by atoms with Gasteiger partial charge in [0.1, 0.15) is 12.4 Å². The highest BCUT2D eigenvalue weighted by molar-refractivity contribution is 5.92. The van der Waals surface area contributed by atoms with Gasteiger partial charge in [-0.15, -0.1) is 0 Å². The Labute approximate surface area is 136 Å². The predicted octanol–water partition coefficient (Wildman–Crippen LogP) is 2.20. The first-order valence-corrected chi connectivity index (χ1v) is 7.40. The fourth-order valence-electron chi connectivity index (χ4n) is 2.63. The Morgan fingerprint density at radius 1 is 1.33 bits per heavy atom. The molecule has 0 fully saturated rings. The van der Waals surface area contributed by atoms with Crippen LogP contribution in [0.2, 0.25) is 0 Å². The molecule has 3 heterocycles. The van der Waals surface area contributed by atoms with Crippen molar-refractivity contribution in [2.75, 3.05) is 6.61 Å². The van der Waals surface area contributed by atoms with Crippen LogP contribution in [-0.2, 0) is 0 Å². The predicted molar refractivity (Wildman–Crippen MR) is 81.4 cm³/mol. The van der Waals surface area contributed by atoms with Gasteiger partial charge < -0.3 is 19.0 Å². The van der Waals surface area contributed by atoms with E-state index < -0.39 is 0 Å². The molecular weight excluding hydrogens is 312 g/mol. The molecule has 0 saturated heterocycles. The first-order chi connectivity index (χ1) is 11.6. The Morgan fingerprint density at radius 2 is 2.21 bits per heavy atom. The number of amides is 1. The number of carbonyl (C=O) groups excluding carboxylic acids is 1. The van der Waals surface area contributed by atoms with Gasteiger partial charge in [-0.2, -0.15) is 4.98 Å². The quantitative estimate of drug-likeness (QED) is 0.787. The van der Waals surface area contributed by atoms with Gasteiger partial charge in [-0.1, -0.05) is 17.3 Å². The van der Waals surface area contributed by atoms with Crippen LogP contribution < -0.4 is 10.1 Å². The molecule has 0 bridgehead atoms. The van der Waals surface area contributed by atoms with E-state index in [4.69, 9.17) is 13.7 Å². The molecule has 4 rings (SSSR count). The second kappa shape index (κ2) is 5.48. The fourth-order valence-corrected chi connectivity index (χ4v) is 2.63. The van der Waals surface area contributed by atoms with Crippen LogP contribution in [0.3, 0.4) is 0 Å². The van der Waals surface area contributed by atoms with Gasteiger partial charge >= 0.3 is 0 Å². The number of nitrogens with one attached hydrogen (secondary N) is 1. The molecule has 2 aromatic heterocycles. The molecule has 1 aromatic carbocycles. The monoisotopic (exact) mass is 326 g/mol. The third kappa shape index (κ3) is 2.41. The average molecular weight is 326 g/mol. The van der Waals surface area contributed by atoms with Gasteiger partial charge in [-0.3, -0.25) is 4.79 Å². The van der Waals surface area contributed by atoms with Crippen LogP contribution in [0, 0.1) is 13.8 Å². The average Bonchev–Trinajstić information content (AvgIpc) is 3.27. The number of ether oxygens (including phenoxy) is 1. The highest BCUT2D eigenvalue weighted by Crippen LogP contribution is 2.35. The summed E-state index contributed by atoms with van der Waals surface area (Å²) in [6.45, 7) is 3.80. The molecule has 8 nitrogen and oxygen atoms in total. The van der Waals surface area contributed by atoms with Crippen LogP contribution in [0.4, 0.5) is 0 Å². The van der Waals surface area contributed by atoms with Gasteiger partial charge in [-0.05, 0) is 13.0 Å². The Balaban J connectivity index is 1.56. The van der Waals surface area contributed by atoms with Crippen molar-refractivity contribution in [3.05, 3.63) is 47.5 Å². The van der Waals surface area contributed by atoms with Crippen molar-refractivity contribution in [3.8, 4) is 17.1 Å². The third-order valence-electron chi connectivity index (χ3n) is 3.84. The van der Waals surface area contributed by atoms with Gasteiger partial charge in [0, 0.05) is 18.1 Å².